The Kier molecular flexibility index (Phi) is 6.08. The Labute approximate surface area is 114 Å². The Hall–Kier alpha value is -1.30. The lowest BCUT2D eigenvalue weighted by Gasteiger charge is -2.25. The zero-order valence-electron chi connectivity index (χ0n) is 12.0. The van der Waals surface area contributed by atoms with Gasteiger partial charge in [-0.25, -0.2) is 4.79 Å². The molecule has 1 unspecified atom stereocenters. The van der Waals surface area contributed by atoms with Gasteiger partial charge in [-0.3, -0.25) is 4.79 Å². The number of nitrogens with zero attached hydrogens (tertiary/aromatic N) is 2. The van der Waals surface area contributed by atoms with E-state index in [-0.39, 0.29) is 24.5 Å². The van der Waals surface area contributed by atoms with Crippen LogP contribution in [0.15, 0.2) is 0 Å². The molecule has 0 bridgehead atoms. The van der Waals surface area contributed by atoms with Crippen LogP contribution < -0.4 is 0 Å². The van der Waals surface area contributed by atoms with Crippen LogP contribution in [0.25, 0.3) is 0 Å². The second kappa shape index (κ2) is 7.33. The van der Waals surface area contributed by atoms with Gasteiger partial charge in [-0.15, -0.1) is 0 Å². The van der Waals surface area contributed by atoms with Crippen molar-refractivity contribution in [2.45, 2.75) is 32.8 Å². The lowest BCUT2D eigenvalue weighted by molar-refractivity contribution is -0.138. The van der Waals surface area contributed by atoms with E-state index in [1.165, 1.54) is 0 Å². The van der Waals surface area contributed by atoms with Crippen LogP contribution in [-0.2, 0) is 9.53 Å². The Morgan fingerprint density at radius 3 is 2.74 bits per heavy atom. The Balaban J connectivity index is 2.31. The van der Waals surface area contributed by atoms with Gasteiger partial charge in [-0.05, 0) is 26.2 Å². The van der Waals surface area contributed by atoms with Gasteiger partial charge < -0.3 is 19.6 Å². The SMILES string of the molecule is CC(C)OCCN(C)C(=O)N1CCC(CC(=O)O)C1. The van der Waals surface area contributed by atoms with E-state index < -0.39 is 5.97 Å². The number of rotatable bonds is 6. The minimum atomic E-state index is -0.794. The molecule has 0 aliphatic carbocycles. The van der Waals surface area contributed by atoms with Gasteiger partial charge in [0.2, 0.25) is 0 Å². The second-order valence-electron chi connectivity index (χ2n) is 5.32. The Bertz CT molecular complexity index is 320. The van der Waals surface area contributed by atoms with E-state index in [1.807, 2.05) is 13.8 Å². The first-order valence-electron chi connectivity index (χ1n) is 6.73. The molecule has 6 nitrogen and oxygen atoms in total. The molecule has 6 heteroatoms. The van der Waals surface area contributed by atoms with Gasteiger partial charge in [0.05, 0.1) is 12.7 Å². The van der Waals surface area contributed by atoms with Gasteiger partial charge in [0, 0.05) is 33.1 Å². The fourth-order valence-electron chi connectivity index (χ4n) is 2.18. The summed E-state index contributed by atoms with van der Waals surface area (Å²) in [5, 5.41) is 8.75. The van der Waals surface area contributed by atoms with E-state index in [2.05, 4.69) is 0 Å². The normalized spacial score (nSPS) is 18.9. The highest BCUT2D eigenvalue weighted by molar-refractivity contribution is 5.74. The highest BCUT2D eigenvalue weighted by Crippen LogP contribution is 2.20. The van der Waals surface area contributed by atoms with Crippen LogP contribution in [-0.4, -0.2) is 66.3 Å². The van der Waals surface area contributed by atoms with E-state index >= 15 is 0 Å². The molecule has 1 aliphatic rings. The maximum atomic E-state index is 12.1. The average Bonchev–Trinajstić information content (AvgIpc) is 2.74. The monoisotopic (exact) mass is 272 g/mol. The highest BCUT2D eigenvalue weighted by Gasteiger charge is 2.29. The number of amides is 2. The minimum Gasteiger partial charge on any atom is -0.481 e. The quantitative estimate of drug-likeness (QED) is 0.790. The van der Waals surface area contributed by atoms with Crippen molar-refractivity contribution in [2.75, 3.05) is 33.3 Å². The number of carbonyl (C=O) groups excluding carboxylic acids is 1. The fraction of sp³-hybridized carbons (Fsp3) is 0.846. The number of aliphatic carboxylic acids is 1. The third-order valence-corrected chi connectivity index (χ3v) is 3.22. The Morgan fingerprint density at radius 1 is 1.47 bits per heavy atom. The first-order valence-corrected chi connectivity index (χ1v) is 6.73. The van der Waals surface area contributed by atoms with Gasteiger partial charge >= 0.3 is 12.0 Å². The molecule has 0 saturated carbocycles. The molecular weight excluding hydrogens is 248 g/mol. The largest absolute Gasteiger partial charge is 0.481 e. The first-order chi connectivity index (χ1) is 8.90. The number of carboxylic acid groups (broad SMARTS) is 1. The van der Waals surface area contributed by atoms with Crippen LogP contribution in [0, 0.1) is 5.92 Å². The summed E-state index contributed by atoms with van der Waals surface area (Å²) in [4.78, 5) is 26.1. The van der Waals surface area contributed by atoms with Gasteiger partial charge in [-0.1, -0.05) is 0 Å². The summed E-state index contributed by atoms with van der Waals surface area (Å²) < 4.78 is 5.41. The molecular formula is C13H24N2O4. The van der Waals surface area contributed by atoms with Crippen molar-refractivity contribution < 1.29 is 19.4 Å². The van der Waals surface area contributed by atoms with E-state index in [0.717, 1.165) is 6.42 Å². The molecule has 110 valence electrons. The molecule has 19 heavy (non-hydrogen) atoms. The number of likely N-dealkylation sites (N-methyl/N-ethyl adjacent to an activating group) is 1. The summed E-state index contributed by atoms with van der Waals surface area (Å²) in [7, 11) is 1.75. The molecule has 0 aromatic heterocycles. The summed E-state index contributed by atoms with van der Waals surface area (Å²) in [6.07, 6.45) is 1.08. The van der Waals surface area contributed by atoms with Crippen molar-refractivity contribution >= 4 is 12.0 Å². The molecule has 0 spiro atoms. The lowest BCUT2D eigenvalue weighted by Crippen LogP contribution is -2.41. The predicted molar refractivity (Wildman–Crippen MR) is 71.0 cm³/mol. The van der Waals surface area contributed by atoms with Crippen LogP contribution >= 0.6 is 0 Å². The Morgan fingerprint density at radius 2 is 2.16 bits per heavy atom. The fourth-order valence-corrected chi connectivity index (χ4v) is 2.18. The van der Waals surface area contributed by atoms with Crippen molar-refractivity contribution in [3.63, 3.8) is 0 Å². The van der Waals surface area contributed by atoms with Crippen LogP contribution in [0.4, 0.5) is 4.79 Å². The van der Waals surface area contributed by atoms with E-state index in [1.54, 1.807) is 16.8 Å². The molecule has 1 saturated heterocycles. The van der Waals surface area contributed by atoms with Crippen molar-refractivity contribution in [2.24, 2.45) is 5.92 Å². The molecule has 2 amide bonds. The molecule has 1 atom stereocenters. The van der Waals surface area contributed by atoms with E-state index in [4.69, 9.17) is 9.84 Å². The van der Waals surface area contributed by atoms with E-state index in [9.17, 15) is 9.59 Å². The van der Waals surface area contributed by atoms with Gasteiger partial charge in [0.15, 0.2) is 0 Å². The number of hydrogen-bond acceptors (Lipinski definition) is 3. The molecule has 1 fully saturated rings. The van der Waals surface area contributed by atoms with Crippen molar-refractivity contribution in [1.29, 1.82) is 0 Å². The number of hydrogen-bond donors (Lipinski definition) is 1. The standard InChI is InChI=1S/C13H24N2O4/c1-10(2)19-7-6-14(3)13(18)15-5-4-11(9-15)8-12(16)17/h10-11H,4-9H2,1-3H3,(H,16,17). The van der Waals surface area contributed by atoms with Crippen LogP contribution in [0.5, 0.6) is 0 Å². The molecule has 1 heterocycles. The number of carboxylic acids is 1. The third-order valence-electron chi connectivity index (χ3n) is 3.22. The summed E-state index contributed by atoms with van der Waals surface area (Å²) in [6, 6.07) is -0.0414. The number of urea groups is 1. The van der Waals surface area contributed by atoms with E-state index in [0.29, 0.717) is 26.2 Å². The number of ether oxygens (including phenoxy) is 1. The average molecular weight is 272 g/mol. The van der Waals surface area contributed by atoms with Crippen LogP contribution in [0.1, 0.15) is 26.7 Å². The molecule has 0 aromatic carbocycles. The van der Waals surface area contributed by atoms with Crippen LogP contribution in [0.2, 0.25) is 0 Å². The first kappa shape index (κ1) is 15.8. The van der Waals surface area contributed by atoms with Crippen molar-refractivity contribution in [1.82, 2.24) is 9.80 Å². The summed E-state index contributed by atoms with van der Waals surface area (Å²) in [5.74, 6) is -0.709. The topological polar surface area (TPSA) is 70.1 Å². The van der Waals surface area contributed by atoms with Crippen molar-refractivity contribution in [3.8, 4) is 0 Å². The molecule has 1 rings (SSSR count). The summed E-state index contributed by atoms with van der Waals surface area (Å²) in [6.45, 7) is 6.17. The van der Waals surface area contributed by atoms with Gasteiger partial charge in [0.1, 0.15) is 0 Å². The van der Waals surface area contributed by atoms with Crippen molar-refractivity contribution in [3.05, 3.63) is 0 Å². The van der Waals surface area contributed by atoms with Crippen LogP contribution in [0.3, 0.4) is 0 Å². The molecule has 0 aromatic rings. The molecule has 1 N–H and O–H groups in total. The summed E-state index contributed by atoms with van der Waals surface area (Å²) in [5.41, 5.74) is 0. The maximum Gasteiger partial charge on any atom is 0.319 e. The number of likely N-dealkylation sites (tertiary alicyclic amines) is 1. The number of carbonyl (C=O) groups is 2. The zero-order chi connectivity index (χ0) is 14.4. The maximum absolute atomic E-state index is 12.1. The van der Waals surface area contributed by atoms with Gasteiger partial charge in [-0.2, -0.15) is 0 Å². The molecule has 1 aliphatic heterocycles. The lowest BCUT2D eigenvalue weighted by atomic mass is 10.1. The summed E-state index contributed by atoms with van der Waals surface area (Å²) >= 11 is 0. The van der Waals surface area contributed by atoms with Gasteiger partial charge in [0.25, 0.3) is 0 Å². The predicted octanol–water partition coefficient (Wildman–Crippen LogP) is 1.26. The smallest absolute Gasteiger partial charge is 0.319 e. The highest BCUT2D eigenvalue weighted by atomic mass is 16.5. The second-order valence-corrected chi connectivity index (χ2v) is 5.32. The zero-order valence-corrected chi connectivity index (χ0v) is 12.0. The minimum absolute atomic E-state index is 0.0414. The third kappa shape index (κ3) is 5.46. The molecule has 0 radical (unpaired) electrons.